The average Bonchev–Trinajstić information content (AvgIpc) is 2.35. The number of hydrogen-bond donors (Lipinski definition) is 4. The maximum atomic E-state index is 12.5. The molecule has 1 aromatic carbocycles. The third-order valence-electron chi connectivity index (χ3n) is 2.33. The van der Waals surface area contributed by atoms with Gasteiger partial charge in [-0.05, 0) is 36.8 Å². The van der Waals surface area contributed by atoms with Crippen LogP contribution in [0.3, 0.4) is 0 Å². The van der Waals surface area contributed by atoms with Crippen molar-refractivity contribution in [3.63, 3.8) is 0 Å². The summed E-state index contributed by atoms with van der Waals surface area (Å²) in [5, 5.41) is 14.6. The molecule has 0 spiro atoms. The molecule has 142 valence electrons. The van der Waals surface area contributed by atoms with Crippen LogP contribution < -0.4 is 11.5 Å². The van der Waals surface area contributed by atoms with Crippen LogP contribution in [0.5, 0.6) is 0 Å². The smallest absolute Gasteiger partial charge is 0.416 e. The Morgan fingerprint density at radius 1 is 1.04 bits per heavy atom. The molecule has 6 N–H and O–H groups in total. The second-order valence-corrected chi connectivity index (χ2v) is 4.43. The largest absolute Gasteiger partial charge is 0.478 e. The molecule has 0 aliphatic carbocycles. The first-order valence-electron chi connectivity index (χ1n) is 5.95. The van der Waals surface area contributed by atoms with Gasteiger partial charge in [0.05, 0.1) is 11.1 Å². The zero-order valence-corrected chi connectivity index (χ0v) is 13.3. The van der Waals surface area contributed by atoms with E-state index in [-0.39, 0.29) is 30.0 Å². The zero-order valence-electron chi connectivity index (χ0n) is 12.5. The number of benzene rings is 1. The van der Waals surface area contributed by atoms with E-state index in [9.17, 15) is 31.1 Å². The molecule has 0 aromatic heterocycles. The highest BCUT2D eigenvalue weighted by atomic mass is 35.5. The molecule has 0 aliphatic heterocycles. The Bertz CT molecular complexity index is 620. The highest BCUT2D eigenvalue weighted by Crippen LogP contribution is 2.36. The topological polar surface area (TPSA) is 113 Å². The van der Waals surface area contributed by atoms with Crippen LogP contribution in [0, 0.1) is 5.41 Å². The molecule has 5 nitrogen and oxygen atoms in total. The molecular weight excluding hydrogens is 380 g/mol. The molecule has 0 amide bonds. The van der Waals surface area contributed by atoms with Gasteiger partial charge in [-0.3, -0.25) is 5.41 Å². The van der Waals surface area contributed by atoms with E-state index in [2.05, 4.69) is 11.5 Å². The number of carbonyl (C=O) groups is 1. The quantitative estimate of drug-likeness (QED) is 0.266. The van der Waals surface area contributed by atoms with E-state index in [4.69, 9.17) is 10.5 Å². The molecular formula is C13H14ClF6N3O2. The Labute approximate surface area is 144 Å². The summed E-state index contributed by atoms with van der Waals surface area (Å²) in [7, 11) is 0. The third-order valence-corrected chi connectivity index (χ3v) is 2.33. The number of nitrogens with one attached hydrogen (secondary N) is 1. The second-order valence-electron chi connectivity index (χ2n) is 4.43. The van der Waals surface area contributed by atoms with E-state index >= 15 is 0 Å². The number of halogens is 7. The lowest BCUT2D eigenvalue weighted by Gasteiger charge is -2.13. The minimum absolute atomic E-state index is 0. The Hall–Kier alpha value is -2.43. The standard InChI is InChI=1S/C12H8F6O2.CH5N3.ClH/c1-6(10(19)20)2-7-3-8(11(13,14)15)5-9(4-7)12(16,17)18;2-1(3)4;/h2-5H,1H3,(H,19,20);(H5,2,3,4);1H/b6-2+;;. The molecule has 12 heteroatoms. The predicted molar refractivity (Wildman–Crippen MR) is 81.1 cm³/mol. The van der Waals surface area contributed by atoms with Gasteiger partial charge >= 0.3 is 18.3 Å². The molecule has 1 rings (SSSR count). The summed E-state index contributed by atoms with van der Waals surface area (Å²) < 4.78 is 75.2. The lowest BCUT2D eigenvalue weighted by molar-refractivity contribution is -0.143. The fourth-order valence-corrected chi connectivity index (χ4v) is 1.37. The van der Waals surface area contributed by atoms with Gasteiger partial charge in [-0.2, -0.15) is 26.3 Å². The van der Waals surface area contributed by atoms with Crippen molar-refractivity contribution in [3.05, 3.63) is 40.5 Å². The van der Waals surface area contributed by atoms with Crippen LogP contribution in [0.2, 0.25) is 0 Å². The van der Waals surface area contributed by atoms with E-state index in [1.165, 1.54) is 0 Å². The van der Waals surface area contributed by atoms with Crippen molar-refractivity contribution < 1.29 is 36.2 Å². The molecule has 0 aliphatic rings. The maximum Gasteiger partial charge on any atom is 0.416 e. The molecule has 1 aromatic rings. The predicted octanol–water partition coefficient (Wildman–Crippen LogP) is 3.47. The van der Waals surface area contributed by atoms with Gasteiger partial charge in [0, 0.05) is 5.57 Å². The van der Waals surface area contributed by atoms with Crippen LogP contribution in [0.15, 0.2) is 23.8 Å². The molecule has 0 atom stereocenters. The third kappa shape index (κ3) is 9.45. The number of guanidine groups is 1. The maximum absolute atomic E-state index is 12.5. The second kappa shape index (κ2) is 9.16. The molecule has 0 unspecified atom stereocenters. The van der Waals surface area contributed by atoms with Crippen molar-refractivity contribution in [1.82, 2.24) is 0 Å². The fraction of sp³-hybridized carbons (Fsp3) is 0.231. The van der Waals surface area contributed by atoms with Crippen molar-refractivity contribution in [3.8, 4) is 0 Å². The monoisotopic (exact) mass is 393 g/mol. The molecule has 0 heterocycles. The summed E-state index contributed by atoms with van der Waals surface area (Å²) >= 11 is 0. The van der Waals surface area contributed by atoms with Crippen LogP contribution in [0.1, 0.15) is 23.6 Å². The fourth-order valence-electron chi connectivity index (χ4n) is 1.37. The Balaban J connectivity index is 0. The van der Waals surface area contributed by atoms with Gasteiger partial charge in [0.25, 0.3) is 0 Å². The minimum atomic E-state index is -4.96. The SMILES string of the molecule is C/C(=C\c1cc(C(F)(F)F)cc(C(F)(F)F)c1)C(=O)O.Cl.N=C(N)N. The number of rotatable bonds is 2. The van der Waals surface area contributed by atoms with Crippen molar-refractivity contribution in [2.24, 2.45) is 11.5 Å². The van der Waals surface area contributed by atoms with Crippen molar-refractivity contribution >= 4 is 30.4 Å². The average molecular weight is 394 g/mol. The van der Waals surface area contributed by atoms with E-state index in [1.807, 2.05) is 0 Å². The van der Waals surface area contributed by atoms with E-state index in [1.54, 1.807) is 0 Å². The van der Waals surface area contributed by atoms with Gasteiger partial charge < -0.3 is 16.6 Å². The Morgan fingerprint density at radius 3 is 1.60 bits per heavy atom. The van der Waals surface area contributed by atoms with E-state index in [0.29, 0.717) is 12.1 Å². The number of aliphatic carboxylic acids is 1. The lowest BCUT2D eigenvalue weighted by atomic mass is 10.0. The molecule has 0 saturated heterocycles. The van der Waals surface area contributed by atoms with Crippen molar-refractivity contribution in [1.29, 1.82) is 5.41 Å². The zero-order chi connectivity index (χ0) is 19.3. The van der Waals surface area contributed by atoms with Crippen LogP contribution in [-0.2, 0) is 17.1 Å². The summed E-state index contributed by atoms with van der Waals surface area (Å²) in [4.78, 5) is 10.6. The van der Waals surface area contributed by atoms with Crippen LogP contribution in [-0.4, -0.2) is 17.0 Å². The number of nitrogens with two attached hydrogens (primary N) is 2. The van der Waals surface area contributed by atoms with Gasteiger partial charge in [0.15, 0.2) is 5.96 Å². The van der Waals surface area contributed by atoms with Crippen LogP contribution in [0.25, 0.3) is 6.08 Å². The van der Waals surface area contributed by atoms with Gasteiger partial charge in [-0.1, -0.05) is 0 Å². The first-order valence-corrected chi connectivity index (χ1v) is 5.95. The summed E-state index contributed by atoms with van der Waals surface area (Å²) in [6, 6.07) is 0.900. The van der Waals surface area contributed by atoms with Crippen LogP contribution in [0.4, 0.5) is 26.3 Å². The van der Waals surface area contributed by atoms with Crippen molar-refractivity contribution in [2.75, 3.05) is 0 Å². The Morgan fingerprint density at radius 2 is 1.36 bits per heavy atom. The number of carboxylic acid groups (broad SMARTS) is 1. The highest BCUT2D eigenvalue weighted by molar-refractivity contribution is 5.91. The van der Waals surface area contributed by atoms with Gasteiger partial charge in [-0.25, -0.2) is 4.79 Å². The van der Waals surface area contributed by atoms with Crippen LogP contribution >= 0.6 is 12.4 Å². The molecule has 0 fully saturated rings. The molecule has 0 radical (unpaired) electrons. The van der Waals surface area contributed by atoms with Gasteiger partial charge in [-0.15, -0.1) is 12.4 Å². The van der Waals surface area contributed by atoms with Crippen molar-refractivity contribution in [2.45, 2.75) is 19.3 Å². The summed E-state index contributed by atoms with van der Waals surface area (Å²) in [5.74, 6) is -1.77. The molecule has 0 saturated carbocycles. The summed E-state index contributed by atoms with van der Waals surface area (Å²) in [5.41, 5.74) is 5.11. The first-order chi connectivity index (χ1) is 10.6. The normalized spacial score (nSPS) is 11.7. The lowest BCUT2D eigenvalue weighted by Crippen LogP contribution is -2.20. The highest BCUT2D eigenvalue weighted by Gasteiger charge is 2.36. The Kier molecular flexibility index (Phi) is 9.09. The minimum Gasteiger partial charge on any atom is -0.478 e. The number of alkyl halides is 6. The number of hydrogen-bond acceptors (Lipinski definition) is 2. The molecule has 25 heavy (non-hydrogen) atoms. The van der Waals surface area contributed by atoms with E-state index < -0.39 is 35.0 Å². The summed E-state index contributed by atoms with van der Waals surface area (Å²) in [6.45, 7) is 1.07. The molecule has 0 bridgehead atoms. The number of carboxylic acids is 1. The van der Waals surface area contributed by atoms with Gasteiger partial charge in [0.1, 0.15) is 0 Å². The summed E-state index contributed by atoms with van der Waals surface area (Å²) in [6.07, 6.45) is -9.17. The van der Waals surface area contributed by atoms with Gasteiger partial charge in [0.2, 0.25) is 0 Å². The van der Waals surface area contributed by atoms with E-state index in [0.717, 1.165) is 13.0 Å². The first kappa shape index (κ1) is 24.8.